The van der Waals surface area contributed by atoms with Gasteiger partial charge in [0.25, 0.3) is 5.91 Å². The Labute approximate surface area is 163 Å². The molecule has 2 aromatic carbocycles. The topological polar surface area (TPSA) is 43.9 Å². The van der Waals surface area contributed by atoms with Gasteiger partial charge in [-0.15, -0.1) is 0 Å². The van der Waals surface area contributed by atoms with Gasteiger partial charge in [-0.2, -0.15) is 0 Å². The molecule has 3 saturated heterocycles. The lowest BCUT2D eigenvalue weighted by Crippen LogP contribution is -2.44. The Kier molecular flexibility index (Phi) is 3.86. The number of hydrogen-bond acceptors (Lipinski definition) is 4. The van der Waals surface area contributed by atoms with E-state index in [2.05, 4.69) is 10.0 Å². The van der Waals surface area contributed by atoms with E-state index in [0.29, 0.717) is 10.7 Å². The molecule has 3 fully saturated rings. The van der Waals surface area contributed by atoms with Gasteiger partial charge in [0.2, 0.25) is 5.91 Å². The molecule has 0 radical (unpaired) electrons. The van der Waals surface area contributed by atoms with E-state index < -0.39 is 12.0 Å². The van der Waals surface area contributed by atoms with Crippen LogP contribution in [-0.2, 0) is 9.59 Å². The summed E-state index contributed by atoms with van der Waals surface area (Å²) in [5, 5.41) is 4.91. The van der Waals surface area contributed by atoms with Crippen LogP contribution in [0.2, 0.25) is 5.02 Å². The number of hydrogen-bond donors (Lipinski definition) is 0. The number of hydrazine groups is 1. The number of amides is 2. The average Bonchev–Trinajstić information content (AvgIpc) is 3.30. The lowest BCUT2D eigenvalue weighted by molar-refractivity contribution is -0.126. The lowest BCUT2D eigenvalue weighted by atomic mass is 9.90. The summed E-state index contributed by atoms with van der Waals surface area (Å²) in [7, 11) is 0. The van der Waals surface area contributed by atoms with Gasteiger partial charge in [0.1, 0.15) is 6.04 Å². The molecule has 2 aromatic rings. The number of carbonyl (C=O) groups is 2. The molecule has 3 aliphatic heterocycles. The predicted octanol–water partition coefficient (Wildman–Crippen LogP) is 3.18. The number of nitrogens with zero attached hydrogens (tertiary/aromatic N) is 3. The molecule has 138 valence electrons. The predicted molar refractivity (Wildman–Crippen MR) is 103 cm³/mol. The smallest absolute Gasteiger partial charge is 0.253 e. The summed E-state index contributed by atoms with van der Waals surface area (Å²) >= 11 is 6.48. The average molecular weight is 382 g/mol. The fraction of sp³-hybridized carbons (Fsp3) is 0.333. The van der Waals surface area contributed by atoms with E-state index in [1.165, 1.54) is 4.90 Å². The molecule has 0 bridgehead atoms. The standard InChI is InChI=1S/C21H20ClN3O2/c1-13-7-9-14(10-8-13)25-20(26)17-18(15-5-2-3-6-16(15)22)23-11-4-12-24(23)19(17)21(25)27/h2-3,5-10,17-19H,4,11-12H2,1H3/t17-,18+,19-/m0/s1. The first-order chi connectivity index (χ1) is 13.1. The quantitative estimate of drug-likeness (QED) is 0.749. The van der Waals surface area contributed by atoms with E-state index in [-0.39, 0.29) is 17.9 Å². The summed E-state index contributed by atoms with van der Waals surface area (Å²) < 4.78 is 0. The molecule has 3 aliphatic rings. The molecule has 0 spiro atoms. The Morgan fingerprint density at radius 1 is 0.889 bits per heavy atom. The molecular formula is C21H20ClN3O2. The van der Waals surface area contributed by atoms with Crippen molar-refractivity contribution >= 4 is 29.1 Å². The number of anilines is 1. The number of imide groups is 1. The van der Waals surface area contributed by atoms with Crippen LogP contribution in [0, 0.1) is 12.8 Å². The van der Waals surface area contributed by atoms with Crippen molar-refractivity contribution < 1.29 is 9.59 Å². The highest BCUT2D eigenvalue weighted by atomic mass is 35.5. The highest BCUT2D eigenvalue weighted by Gasteiger charge is 2.63. The Balaban J connectivity index is 1.60. The van der Waals surface area contributed by atoms with Gasteiger partial charge in [-0.25, -0.2) is 14.9 Å². The van der Waals surface area contributed by atoms with Gasteiger partial charge in [0.05, 0.1) is 17.6 Å². The van der Waals surface area contributed by atoms with Crippen LogP contribution >= 0.6 is 11.6 Å². The molecule has 6 heteroatoms. The fourth-order valence-corrected chi connectivity index (χ4v) is 5.00. The zero-order valence-electron chi connectivity index (χ0n) is 15.0. The third-order valence-corrected chi connectivity index (χ3v) is 6.27. The van der Waals surface area contributed by atoms with Crippen LogP contribution in [0.1, 0.15) is 23.6 Å². The number of fused-ring (bicyclic) bond motifs is 3. The Bertz CT molecular complexity index is 929. The molecule has 5 nitrogen and oxygen atoms in total. The molecule has 27 heavy (non-hydrogen) atoms. The van der Waals surface area contributed by atoms with E-state index in [0.717, 1.165) is 30.6 Å². The van der Waals surface area contributed by atoms with Crippen LogP contribution in [-0.4, -0.2) is 41.0 Å². The van der Waals surface area contributed by atoms with Crippen molar-refractivity contribution in [1.82, 2.24) is 10.0 Å². The van der Waals surface area contributed by atoms with E-state index in [4.69, 9.17) is 11.6 Å². The molecule has 0 unspecified atom stereocenters. The van der Waals surface area contributed by atoms with Gasteiger partial charge < -0.3 is 0 Å². The maximum Gasteiger partial charge on any atom is 0.253 e. The second-order valence-electron chi connectivity index (χ2n) is 7.46. The lowest BCUT2D eigenvalue weighted by Gasteiger charge is -2.30. The normalized spacial score (nSPS) is 28.1. The van der Waals surface area contributed by atoms with Gasteiger partial charge >= 0.3 is 0 Å². The van der Waals surface area contributed by atoms with Gasteiger partial charge in [0.15, 0.2) is 0 Å². The fourth-order valence-electron chi connectivity index (χ4n) is 4.75. The molecule has 3 atom stereocenters. The SMILES string of the molecule is Cc1ccc(N2C(=O)[C@@H]3[C@@H](C2=O)N2CCCN2[C@@H]3c2ccccc2Cl)cc1. The summed E-state index contributed by atoms with van der Waals surface area (Å²) in [6.07, 6.45) is 0.982. The summed E-state index contributed by atoms with van der Waals surface area (Å²) in [4.78, 5) is 28.1. The maximum atomic E-state index is 13.4. The van der Waals surface area contributed by atoms with Gasteiger partial charge in [-0.1, -0.05) is 47.5 Å². The van der Waals surface area contributed by atoms with Crippen LogP contribution in [0.4, 0.5) is 5.69 Å². The summed E-state index contributed by atoms with van der Waals surface area (Å²) in [6, 6.07) is 14.6. The minimum Gasteiger partial charge on any atom is -0.274 e. The molecular weight excluding hydrogens is 362 g/mol. The summed E-state index contributed by atoms with van der Waals surface area (Å²) in [5.41, 5.74) is 2.66. The van der Waals surface area contributed by atoms with Crippen molar-refractivity contribution in [2.45, 2.75) is 25.4 Å². The highest BCUT2D eigenvalue weighted by molar-refractivity contribution is 6.31. The van der Waals surface area contributed by atoms with Crippen molar-refractivity contribution in [2.24, 2.45) is 5.92 Å². The first-order valence-electron chi connectivity index (χ1n) is 9.30. The molecule has 0 aromatic heterocycles. The third kappa shape index (κ3) is 2.39. The molecule has 3 heterocycles. The highest BCUT2D eigenvalue weighted by Crippen LogP contribution is 2.50. The Morgan fingerprint density at radius 2 is 1.56 bits per heavy atom. The van der Waals surface area contributed by atoms with Crippen LogP contribution in [0.3, 0.4) is 0 Å². The Hall–Kier alpha value is -2.21. The van der Waals surface area contributed by atoms with Crippen molar-refractivity contribution in [3.63, 3.8) is 0 Å². The number of benzene rings is 2. The van der Waals surface area contributed by atoms with Crippen molar-refractivity contribution in [1.29, 1.82) is 0 Å². The largest absolute Gasteiger partial charge is 0.274 e. The molecule has 0 saturated carbocycles. The van der Waals surface area contributed by atoms with Crippen LogP contribution in [0.25, 0.3) is 0 Å². The monoisotopic (exact) mass is 381 g/mol. The second-order valence-corrected chi connectivity index (χ2v) is 7.87. The second kappa shape index (κ2) is 6.16. The zero-order valence-corrected chi connectivity index (χ0v) is 15.8. The maximum absolute atomic E-state index is 13.4. The molecule has 2 amide bonds. The van der Waals surface area contributed by atoms with Crippen LogP contribution in [0.15, 0.2) is 48.5 Å². The first kappa shape index (κ1) is 16.9. The first-order valence-corrected chi connectivity index (χ1v) is 9.68. The van der Waals surface area contributed by atoms with Crippen molar-refractivity contribution in [3.8, 4) is 0 Å². The number of rotatable bonds is 2. The van der Waals surface area contributed by atoms with Gasteiger partial charge in [0, 0.05) is 18.1 Å². The number of carbonyl (C=O) groups excluding carboxylic acids is 2. The summed E-state index contributed by atoms with van der Waals surface area (Å²) in [6.45, 7) is 3.62. The van der Waals surface area contributed by atoms with E-state index in [1.807, 2.05) is 55.5 Å². The van der Waals surface area contributed by atoms with Gasteiger partial charge in [-0.05, 0) is 37.1 Å². The minimum atomic E-state index is -0.442. The third-order valence-electron chi connectivity index (χ3n) is 5.92. The number of aryl methyl sites for hydroxylation is 1. The van der Waals surface area contributed by atoms with Crippen molar-refractivity contribution in [3.05, 3.63) is 64.7 Å². The molecule has 0 aliphatic carbocycles. The van der Waals surface area contributed by atoms with E-state index >= 15 is 0 Å². The van der Waals surface area contributed by atoms with E-state index in [1.54, 1.807) is 0 Å². The molecule has 0 N–H and O–H groups in total. The van der Waals surface area contributed by atoms with Gasteiger partial charge in [-0.3, -0.25) is 9.59 Å². The molecule has 5 rings (SSSR count). The Morgan fingerprint density at radius 3 is 2.26 bits per heavy atom. The minimum absolute atomic E-state index is 0.129. The summed E-state index contributed by atoms with van der Waals surface area (Å²) in [5.74, 6) is -0.692. The van der Waals surface area contributed by atoms with Crippen molar-refractivity contribution in [2.75, 3.05) is 18.0 Å². The number of halogens is 1. The van der Waals surface area contributed by atoms with Crippen LogP contribution in [0.5, 0.6) is 0 Å². The zero-order chi connectivity index (χ0) is 18.7. The van der Waals surface area contributed by atoms with Crippen LogP contribution < -0.4 is 4.90 Å². The van der Waals surface area contributed by atoms with E-state index in [9.17, 15) is 9.59 Å².